The van der Waals surface area contributed by atoms with Gasteiger partial charge in [-0.1, -0.05) is 20.3 Å². The highest BCUT2D eigenvalue weighted by Gasteiger charge is 2.12. The van der Waals surface area contributed by atoms with Gasteiger partial charge in [-0.15, -0.1) is 0 Å². The maximum absolute atomic E-state index is 5.88. The van der Waals surface area contributed by atoms with E-state index in [0.29, 0.717) is 17.6 Å². The molecule has 2 aromatic rings. The van der Waals surface area contributed by atoms with Crippen molar-refractivity contribution in [2.75, 3.05) is 5.32 Å². The van der Waals surface area contributed by atoms with Gasteiger partial charge in [0.05, 0.1) is 6.33 Å². The van der Waals surface area contributed by atoms with Crippen molar-refractivity contribution in [2.45, 2.75) is 39.7 Å². The van der Waals surface area contributed by atoms with Crippen LogP contribution in [0, 0.1) is 5.92 Å². The molecule has 0 aliphatic rings. The summed E-state index contributed by atoms with van der Waals surface area (Å²) in [6.07, 6.45) is 3.87. The van der Waals surface area contributed by atoms with E-state index in [9.17, 15) is 0 Å². The van der Waals surface area contributed by atoms with Crippen LogP contribution in [0.3, 0.4) is 0 Å². The highest BCUT2D eigenvalue weighted by Crippen LogP contribution is 2.21. The molecule has 5 nitrogen and oxygen atoms in total. The maximum Gasteiger partial charge on any atom is 0.226 e. The Morgan fingerprint density at radius 1 is 1.39 bits per heavy atom. The lowest BCUT2D eigenvalue weighted by Crippen LogP contribution is -2.19. The Bertz CT molecular complexity index is 524. The summed E-state index contributed by atoms with van der Waals surface area (Å²) < 4.78 is 0. The number of nitrogens with zero attached hydrogens (tertiary/aromatic N) is 3. The molecule has 0 bridgehead atoms. The largest absolute Gasteiger partial charge is 0.366 e. The number of aromatic nitrogens is 4. The summed E-state index contributed by atoms with van der Waals surface area (Å²) in [5.41, 5.74) is 1.39. The molecule has 0 radical (unpaired) electrons. The highest BCUT2D eigenvalue weighted by atomic mass is 35.5. The van der Waals surface area contributed by atoms with Crippen LogP contribution in [0.15, 0.2) is 6.33 Å². The second kappa shape index (κ2) is 5.52. The van der Waals surface area contributed by atoms with Gasteiger partial charge in [-0.3, -0.25) is 0 Å². The molecule has 2 heterocycles. The van der Waals surface area contributed by atoms with Crippen LogP contribution in [-0.2, 0) is 0 Å². The van der Waals surface area contributed by atoms with E-state index in [1.165, 1.54) is 6.42 Å². The Morgan fingerprint density at radius 3 is 2.89 bits per heavy atom. The Morgan fingerprint density at radius 2 is 2.17 bits per heavy atom. The van der Waals surface area contributed by atoms with Crippen molar-refractivity contribution in [1.82, 2.24) is 19.9 Å². The molecule has 98 valence electrons. The van der Waals surface area contributed by atoms with Crippen LogP contribution in [0.4, 0.5) is 5.82 Å². The SMILES string of the molecule is CCC(C)CC(C)Nc1nc(Cl)nc2nc[nH]c12. The molecule has 0 saturated heterocycles. The molecule has 2 unspecified atom stereocenters. The second-order valence-corrected chi connectivity index (χ2v) is 5.07. The number of hydrogen-bond acceptors (Lipinski definition) is 4. The molecular formula is C12H18ClN5. The summed E-state index contributed by atoms with van der Waals surface area (Å²) in [5.74, 6) is 1.40. The summed E-state index contributed by atoms with van der Waals surface area (Å²) in [6.45, 7) is 6.59. The van der Waals surface area contributed by atoms with Gasteiger partial charge in [0.15, 0.2) is 11.5 Å². The number of halogens is 1. The van der Waals surface area contributed by atoms with Gasteiger partial charge < -0.3 is 10.3 Å². The van der Waals surface area contributed by atoms with Crippen LogP contribution in [0.25, 0.3) is 11.2 Å². The van der Waals surface area contributed by atoms with E-state index in [4.69, 9.17) is 11.6 Å². The Labute approximate surface area is 111 Å². The standard InChI is InChI=1S/C12H18ClN5/c1-4-7(2)5-8(3)16-11-9-10(15-6-14-9)17-12(13)18-11/h6-8H,4-5H2,1-3H3,(H2,14,15,16,17,18). The van der Waals surface area contributed by atoms with Gasteiger partial charge in [-0.2, -0.15) is 9.97 Å². The normalized spacial score (nSPS) is 14.7. The molecule has 0 aliphatic heterocycles. The van der Waals surface area contributed by atoms with Gasteiger partial charge in [-0.05, 0) is 30.9 Å². The molecule has 0 fully saturated rings. The van der Waals surface area contributed by atoms with E-state index < -0.39 is 0 Å². The van der Waals surface area contributed by atoms with Crippen molar-refractivity contribution in [3.63, 3.8) is 0 Å². The van der Waals surface area contributed by atoms with Crippen LogP contribution >= 0.6 is 11.6 Å². The van der Waals surface area contributed by atoms with Crippen LogP contribution in [0.2, 0.25) is 5.28 Å². The fourth-order valence-corrected chi connectivity index (χ4v) is 2.14. The first kappa shape index (κ1) is 13.1. The summed E-state index contributed by atoms with van der Waals surface area (Å²) in [6, 6.07) is 0.331. The lowest BCUT2D eigenvalue weighted by molar-refractivity contribution is 0.483. The van der Waals surface area contributed by atoms with Gasteiger partial charge in [0.25, 0.3) is 0 Å². The number of rotatable bonds is 5. The van der Waals surface area contributed by atoms with Crippen LogP contribution in [0.5, 0.6) is 0 Å². The van der Waals surface area contributed by atoms with Crippen molar-refractivity contribution >= 4 is 28.6 Å². The number of hydrogen-bond donors (Lipinski definition) is 2. The van der Waals surface area contributed by atoms with E-state index in [1.54, 1.807) is 6.33 Å². The molecule has 6 heteroatoms. The van der Waals surface area contributed by atoms with Gasteiger partial charge in [0, 0.05) is 6.04 Å². The predicted molar refractivity (Wildman–Crippen MR) is 73.9 cm³/mol. The number of aromatic amines is 1. The second-order valence-electron chi connectivity index (χ2n) is 4.74. The number of anilines is 1. The smallest absolute Gasteiger partial charge is 0.226 e. The molecule has 0 spiro atoms. The number of nitrogens with one attached hydrogen (secondary N) is 2. The molecular weight excluding hydrogens is 250 g/mol. The average Bonchev–Trinajstić information content (AvgIpc) is 2.76. The number of imidazole rings is 1. The fraction of sp³-hybridized carbons (Fsp3) is 0.583. The quantitative estimate of drug-likeness (QED) is 0.816. The Kier molecular flexibility index (Phi) is 4.01. The third-order valence-corrected chi connectivity index (χ3v) is 3.26. The monoisotopic (exact) mass is 267 g/mol. The molecule has 0 saturated carbocycles. The fourth-order valence-electron chi connectivity index (χ4n) is 1.97. The summed E-state index contributed by atoms with van der Waals surface area (Å²) in [4.78, 5) is 15.4. The van der Waals surface area contributed by atoms with Gasteiger partial charge in [-0.25, -0.2) is 4.98 Å². The Hall–Kier alpha value is -1.36. The minimum atomic E-state index is 0.216. The summed E-state index contributed by atoms with van der Waals surface area (Å²) in [7, 11) is 0. The van der Waals surface area contributed by atoms with Crippen molar-refractivity contribution in [1.29, 1.82) is 0 Å². The van der Waals surface area contributed by atoms with E-state index >= 15 is 0 Å². The van der Waals surface area contributed by atoms with Crippen LogP contribution in [-0.4, -0.2) is 26.0 Å². The van der Waals surface area contributed by atoms with E-state index in [0.717, 1.165) is 17.8 Å². The minimum absolute atomic E-state index is 0.216. The van der Waals surface area contributed by atoms with E-state index in [2.05, 4.69) is 46.0 Å². The van der Waals surface area contributed by atoms with Gasteiger partial charge in [0.2, 0.25) is 5.28 Å². The summed E-state index contributed by atoms with van der Waals surface area (Å²) in [5, 5.41) is 3.59. The van der Waals surface area contributed by atoms with Crippen molar-refractivity contribution < 1.29 is 0 Å². The molecule has 0 aromatic carbocycles. The lowest BCUT2D eigenvalue weighted by Gasteiger charge is -2.18. The van der Waals surface area contributed by atoms with Gasteiger partial charge >= 0.3 is 0 Å². The first-order chi connectivity index (χ1) is 8.60. The zero-order chi connectivity index (χ0) is 13.1. The van der Waals surface area contributed by atoms with Crippen molar-refractivity contribution in [3.05, 3.63) is 11.6 Å². The molecule has 2 aromatic heterocycles. The van der Waals surface area contributed by atoms with E-state index in [-0.39, 0.29) is 5.28 Å². The zero-order valence-electron chi connectivity index (χ0n) is 10.9. The minimum Gasteiger partial charge on any atom is -0.366 e. The summed E-state index contributed by atoms with van der Waals surface area (Å²) >= 11 is 5.88. The molecule has 2 atom stereocenters. The van der Waals surface area contributed by atoms with Crippen molar-refractivity contribution in [2.24, 2.45) is 5.92 Å². The zero-order valence-corrected chi connectivity index (χ0v) is 11.6. The molecule has 0 aliphatic carbocycles. The lowest BCUT2D eigenvalue weighted by atomic mass is 10.0. The van der Waals surface area contributed by atoms with E-state index in [1.807, 2.05) is 0 Å². The third-order valence-electron chi connectivity index (χ3n) is 3.09. The number of H-pyrrole nitrogens is 1. The van der Waals surface area contributed by atoms with Gasteiger partial charge in [0.1, 0.15) is 5.52 Å². The predicted octanol–water partition coefficient (Wildman–Crippen LogP) is 3.24. The third kappa shape index (κ3) is 2.90. The first-order valence-corrected chi connectivity index (χ1v) is 6.61. The highest BCUT2D eigenvalue weighted by molar-refractivity contribution is 6.28. The number of fused-ring (bicyclic) bond motifs is 1. The van der Waals surface area contributed by atoms with Crippen LogP contribution in [0.1, 0.15) is 33.6 Å². The maximum atomic E-state index is 5.88. The molecule has 2 N–H and O–H groups in total. The Balaban J connectivity index is 2.18. The average molecular weight is 268 g/mol. The molecule has 2 rings (SSSR count). The van der Waals surface area contributed by atoms with Crippen LogP contribution < -0.4 is 5.32 Å². The topological polar surface area (TPSA) is 66.5 Å². The molecule has 18 heavy (non-hydrogen) atoms. The molecule has 0 amide bonds. The van der Waals surface area contributed by atoms with Crippen molar-refractivity contribution in [3.8, 4) is 0 Å². The first-order valence-electron chi connectivity index (χ1n) is 6.23.